The van der Waals surface area contributed by atoms with E-state index >= 15 is 0 Å². The van der Waals surface area contributed by atoms with Crippen LogP contribution in [0.5, 0.6) is 0 Å². The van der Waals surface area contributed by atoms with E-state index in [9.17, 15) is 13.5 Å². The number of aliphatic hydroxyl groups excluding tert-OH is 1. The molecule has 1 aromatic carbocycles. The monoisotopic (exact) mass is 312 g/mol. The predicted octanol–water partition coefficient (Wildman–Crippen LogP) is 1.75. The van der Waals surface area contributed by atoms with Gasteiger partial charge in [0.25, 0.3) is 10.0 Å². The number of hydrogen-bond donors (Lipinski definition) is 2. The van der Waals surface area contributed by atoms with E-state index in [-0.39, 0.29) is 11.6 Å². The van der Waals surface area contributed by atoms with Crippen LogP contribution < -0.4 is 4.72 Å². The lowest BCUT2D eigenvalue weighted by Crippen LogP contribution is -2.31. The molecule has 0 fully saturated rings. The number of benzene rings is 1. The molecule has 1 unspecified atom stereocenters. The van der Waals surface area contributed by atoms with Crippen LogP contribution in [-0.4, -0.2) is 25.1 Å². The van der Waals surface area contributed by atoms with Crippen LogP contribution in [0.1, 0.15) is 11.6 Å². The second kappa shape index (κ2) is 6.32. The zero-order valence-electron chi connectivity index (χ0n) is 10.4. The standard InChI is InChI=1S/C13H13ClN2O3S/c14-11-6-4-10(5-7-11)12(9-17)16-20(18,19)13-3-1-2-8-15-13/h1-8,12,16-17H,9H2. The van der Waals surface area contributed by atoms with Gasteiger partial charge < -0.3 is 5.11 Å². The van der Waals surface area contributed by atoms with Gasteiger partial charge in [0.05, 0.1) is 12.6 Å². The van der Waals surface area contributed by atoms with Gasteiger partial charge in [-0.2, -0.15) is 4.72 Å². The third-order valence-electron chi connectivity index (χ3n) is 2.67. The van der Waals surface area contributed by atoms with Crippen molar-refractivity contribution in [1.82, 2.24) is 9.71 Å². The van der Waals surface area contributed by atoms with E-state index in [1.807, 2.05) is 0 Å². The highest BCUT2D eigenvalue weighted by Crippen LogP contribution is 2.18. The van der Waals surface area contributed by atoms with Gasteiger partial charge in [0.1, 0.15) is 0 Å². The molecule has 0 amide bonds. The van der Waals surface area contributed by atoms with Crippen LogP contribution in [0.4, 0.5) is 0 Å². The zero-order valence-corrected chi connectivity index (χ0v) is 12.0. The van der Waals surface area contributed by atoms with E-state index in [4.69, 9.17) is 11.6 Å². The predicted molar refractivity (Wildman–Crippen MR) is 75.8 cm³/mol. The Labute approximate surface area is 122 Å². The molecule has 1 atom stereocenters. The average molecular weight is 313 g/mol. The molecular formula is C13H13ClN2O3S. The van der Waals surface area contributed by atoms with Crippen molar-refractivity contribution in [2.75, 3.05) is 6.61 Å². The minimum atomic E-state index is -3.78. The molecule has 2 aromatic rings. The van der Waals surface area contributed by atoms with E-state index in [2.05, 4.69) is 9.71 Å². The molecule has 0 aliphatic heterocycles. The minimum Gasteiger partial charge on any atom is -0.394 e. The molecular weight excluding hydrogens is 300 g/mol. The van der Waals surface area contributed by atoms with Crippen molar-refractivity contribution in [3.63, 3.8) is 0 Å². The Hall–Kier alpha value is -1.47. The second-order valence-corrected chi connectivity index (χ2v) is 6.17. The Morgan fingerprint density at radius 3 is 2.45 bits per heavy atom. The van der Waals surface area contributed by atoms with Gasteiger partial charge in [-0.05, 0) is 29.8 Å². The maximum atomic E-state index is 12.1. The number of pyridine rings is 1. The summed E-state index contributed by atoms with van der Waals surface area (Å²) >= 11 is 5.78. The number of nitrogens with zero attached hydrogens (tertiary/aromatic N) is 1. The smallest absolute Gasteiger partial charge is 0.258 e. The fraction of sp³-hybridized carbons (Fsp3) is 0.154. The van der Waals surface area contributed by atoms with Gasteiger partial charge in [0.2, 0.25) is 0 Å². The van der Waals surface area contributed by atoms with Crippen LogP contribution in [-0.2, 0) is 10.0 Å². The van der Waals surface area contributed by atoms with Gasteiger partial charge in [-0.15, -0.1) is 0 Å². The highest BCUT2D eigenvalue weighted by atomic mass is 35.5. The second-order valence-electron chi connectivity index (χ2n) is 4.08. The van der Waals surface area contributed by atoms with Crippen molar-refractivity contribution in [3.8, 4) is 0 Å². The Kier molecular flexibility index (Phi) is 4.72. The van der Waals surface area contributed by atoms with Gasteiger partial charge >= 0.3 is 0 Å². The van der Waals surface area contributed by atoms with Crippen molar-refractivity contribution >= 4 is 21.6 Å². The van der Waals surface area contributed by atoms with Crippen LogP contribution in [0.25, 0.3) is 0 Å². The number of nitrogens with one attached hydrogen (secondary N) is 1. The highest BCUT2D eigenvalue weighted by molar-refractivity contribution is 7.89. The number of aliphatic hydroxyl groups is 1. The molecule has 0 radical (unpaired) electrons. The fourth-order valence-electron chi connectivity index (χ4n) is 1.66. The van der Waals surface area contributed by atoms with E-state index in [0.29, 0.717) is 10.6 Å². The van der Waals surface area contributed by atoms with Crippen molar-refractivity contribution in [2.45, 2.75) is 11.1 Å². The lowest BCUT2D eigenvalue weighted by atomic mass is 10.1. The van der Waals surface area contributed by atoms with Crippen LogP contribution in [0, 0.1) is 0 Å². The lowest BCUT2D eigenvalue weighted by Gasteiger charge is -2.16. The maximum absolute atomic E-state index is 12.1. The van der Waals surface area contributed by atoms with Crippen LogP contribution in [0.15, 0.2) is 53.7 Å². The Morgan fingerprint density at radius 1 is 1.20 bits per heavy atom. The number of sulfonamides is 1. The normalized spacial score (nSPS) is 13.1. The molecule has 0 saturated heterocycles. The number of aromatic nitrogens is 1. The van der Waals surface area contributed by atoms with Gasteiger partial charge in [0.15, 0.2) is 5.03 Å². The minimum absolute atomic E-state index is 0.0904. The summed E-state index contributed by atoms with van der Waals surface area (Å²) < 4.78 is 26.7. The number of rotatable bonds is 5. The number of hydrogen-bond acceptors (Lipinski definition) is 4. The van der Waals surface area contributed by atoms with E-state index in [1.165, 1.54) is 12.3 Å². The first-order valence-corrected chi connectivity index (χ1v) is 7.69. The molecule has 0 spiro atoms. The highest BCUT2D eigenvalue weighted by Gasteiger charge is 2.21. The summed E-state index contributed by atoms with van der Waals surface area (Å²) in [5, 5.41) is 9.83. The molecule has 0 bridgehead atoms. The van der Waals surface area contributed by atoms with Gasteiger partial charge in [-0.3, -0.25) is 0 Å². The molecule has 0 aliphatic rings. The van der Waals surface area contributed by atoms with Crippen LogP contribution in [0.2, 0.25) is 5.02 Å². The third kappa shape index (κ3) is 3.55. The van der Waals surface area contributed by atoms with Crippen molar-refractivity contribution < 1.29 is 13.5 Å². The van der Waals surface area contributed by atoms with Crippen molar-refractivity contribution in [3.05, 3.63) is 59.2 Å². The van der Waals surface area contributed by atoms with E-state index in [0.717, 1.165) is 0 Å². The SMILES string of the molecule is O=S(=O)(NC(CO)c1ccc(Cl)cc1)c1ccccn1. The Morgan fingerprint density at radius 2 is 1.90 bits per heavy atom. The first kappa shape index (κ1) is 14.9. The van der Waals surface area contributed by atoms with Gasteiger partial charge in [-0.1, -0.05) is 29.8 Å². The fourth-order valence-corrected chi connectivity index (χ4v) is 2.95. The molecule has 5 nitrogen and oxygen atoms in total. The topological polar surface area (TPSA) is 79.3 Å². The van der Waals surface area contributed by atoms with E-state index in [1.54, 1.807) is 36.4 Å². The van der Waals surface area contributed by atoms with Crippen molar-refractivity contribution in [1.29, 1.82) is 0 Å². The Balaban J connectivity index is 2.24. The van der Waals surface area contributed by atoms with Crippen molar-refractivity contribution in [2.24, 2.45) is 0 Å². The third-order valence-corrected chi connectivity index (χ3v) is 4.30. The first-order chi connectivity index (χ1) is 9.53. The molecule has 7 heteroatoms. The first-order valence-electron chi connectivity index (χ1n) is 5.82. The zero-order chi connectivity index (χ0) is 14.6. The molecule has 2 N–H and O–H groups in total. The molecule has 106 valence electrons. The summed E-state index contributed by atoms with van der Waals surface area (Å²) in [6.45, 7) is -0.367. The van der Waals surface area contributed by atoms with Gasteiger partial charge in [0, 0.05) is 11.2 Å². The number of halogens is 1. The molecule has 0 aliphatic carbocycles. The van der Waals surface area contributed by atoms with Gasteiger partial charge in [-0.25, -0.2) is 13.4 Å². The van der Waals surface area contributed by atoms with E-state index < -0.39 is 16.1 Å². The molecule has 20 heavy (non-hydrogen) atoms. The molecule has 0 saturated carbocycles. The summed E-state index contributed by atoms with van der Waals surface area (Å²) in [7, 11) is -3.78. The summed E-state index contributed by atoms with van der Waals surface area (Å²) in [5.74, 6) is 0. The van der Waals surface area contributed by atoms with Crippen LogP contribution in [0.3, 0.4) is 0 Å². The maximum Gasteiger partial charge on any atom is 0.258 e. The summed E-state index contributed by atoms with van der Waals surface area (Å²) in [6.07, 6.45) is 1.39. The largest absolute Gasteiger partial charge is 0.394 e. The Bertz CT molecular complexity index is 660. The molecule has 2 rings (SSSR count). The molecule has 1 aromatic heterocycles. The lowest BCUT2D eigenvalue weighted by molar-refractivity contribution is 0.259. The average Bonchev–Trinajstić information content (AvgIpc) is 2.47. The quantitative estimate of drug-likeness (QED) is 0.881. The summed E-state index contributed by atoms with van der Waals surface area (Å²) in [6, 6.07) is 10.4. The summed E-state index contributed by atoms with van der Waals surface area (Å²) in [4.78, 5) is 3.79. The van der Waals surface area contributed by atoms with Crippen LogP contribution >= 0.6 is 11.6 Å². The summed E-state index contributed by atoms with van der Waals surface area (Å²) in [5.41, 5.74) is 0.622. The molecule has 1 heterocycles.